The molecule has 0 spiro atoms. The predicted octanol–water partition coefficient (Wildman–Crippen LogP) is 2.64. The van der Waals surface area contributed by atoms with E-state index in [0.717, 1.165) is 12.0 Å². The third kappa shape index (κ3) is 2.66. The molecule has 0 aromatic heterocycles. The molecule has 2 aliphatic rings. The number of carbonyl (C=O) groups is 2. The summed E-state index contributed by atoms with van der Waals surface area (Å²) in [6.07, 6.45) is 1.82. The second-order valence-electron chi connectivity index (χ2n) is 7.24. The van der Waals surface area contributed by atoms with E-state index in [0.29, 0.717) is 19.3 Å². The maximum Gasteiger partial charge on any atom is 0.302 e. The highest BCUT2D eigenvalue weighted by Crippen LogP contribution is 2.55. The first-order valence-corrected chi connectivity index (χ1v) is 7.68. The summed E-state index contributed by atoms with van der Waals surface area (Å²) in [7, 11) is 0. The standard InChI is InChI=1S/C17H26O4/c1-10(2)12-6-8-16(4)13(19)7-9-17(5,20)15(16)14(12)21-11(3)18/h12,14-15,20H,1,6-9H2,2-5H3/t12-,14+,15?,16-,17+/m0/s1. The van der Waals surface area contributed by atoms with Crippen LogP contribution in [0.1, 0.15) is 53.4 Å². The van der Waals surface area contributed by atoms with Gasteiger partial charge in [-0.25, -0.2) is 0 Å². The van der Waals surface area contributed by atoms with Crippen LogP contribution in [0, 0.1) is 17.3 Å². The molecule has 0 heterocycles. The highest BCUT2D eigenvalue weighted by molar-refractivity contribution is 5.86. The van der Waals surface area contributed by atoms with E-state index >= 15 is 0 Å². The van der Waals surface area contributed by atoms with Crippen LogP contribution < -0.4 is 0 Å². The van der Waals surface area contributed by atoms with Crippen molar-refractivity contribution >= 4 is 11.8 Å². The van der Waals surface area contributed by atoms with E-state index < -0.39 is 17.1 Å². The van der Waals surface area contributed by atoms with Gasteiger partial charge in [0, 0.05) is 30.6 Å². The van der Waals surface area contributed by atoms with E-state index in [1.54, 1.807) is 6.92 Å². The highest BCUT2D eigenvalue weighted by Gasteiger charge is 2.60. The molecular weight excluding hydrogens is 268 g/mol. The molecule has 2 rings (SSSR count). The fraction of sp³-hybridized carbons (Fsp3) is 0.765. The predicted molar refractivity (Wildman–Crippen MR) is 79.6 cm³/mol. The van der Waals surface area contributed by atoms with Crippen LogP contribution in [0.2, 0.25) is 0 Å². The lowest BCUT2D eigenvalue weighted by Crippen LogP contribution is -2.62. The first kappa shape index (κ1) is 16.2. The van der Waals surface area contributed by atoms with Crippen molar-refractivity contribution in [1.29, 1.82) is 0 Å². The highest BCUT2D eigenvalue weighted by atomic mass is 16.5. The van der Waals surface area contributed by atoms with Gasteiger partial charge in [-0.2, -0.15) is 0 Å². The molecule has 4 nitrogen and oxygen atoms in total. The topological polar surface area (TPSA) is 63.6 Å². The van der Waals surface area contributed by atoms with E-state index in [1.165, 1.54) is 6.92 Å². The molecule has 2 saturated carbocycles. The first-order valence-electron chi connectivity index (χ1n) is 7.68. The molecule has 21 heavy (non-hydrogen) atoms. The minimum Gasteiger partial charge on any atom is -0.461 e. The van der Waals surface area contributed by atoms with Crippen molar-refractivity contribution in [1.82, 2.24) is 0 Å². The smallest absolute Gasteiger partial charge is 0.302 e. The Morgan fingerprint density at radius 3 is 2.48 bits per heavy atom. The molecular formula is C17H26O4. The van der Waals surface area contributed by atoms with Gasteiger partial charge in [-0.1, -0.05) is 19.1 Å². The Balaban J connectivity index is 2.48. The average molecular weight is 294 g/mol. The summed E-state index contributed by atoms with van der Waals surface area (Å²) < 4.78 is 5.57. The molecule has 1 unspecified atom stereocenters. The van der Waals surface area contributed by atoms with Crippen LogP contribution in [0.3, 0.4) is 0 Å². The normalized spacial score (nSPS) is 43.1. The summed E-state index contributed by atoms with van der Waals surface area (Å²) in [5.74, 6) is -0.560. The lowest BCUT2D eigenvalue weighted by atomic mass is 9.51. The van der Waals surface area contributed by atoms with E-state index in [9.17, 15) is 14.7 Å². The van der Waals surface area contributed by atoms with Gasteiger partial charge in [0.15, 0.2) is 0 Å². The summed E-state index contributed by atoms with van der Waals surface area (Å²) in [6, 6.07) is 0. The Kier molecular flexibility index (Phi) is 4.04. The van der Waals surface area contributed by atoms with Crippen molar-refractivity contribution in [3.63, 3.8) is 0 Å². The van der Waals surface area contributed by atoms with E-state index in [4.69, 9.17) is 4.74 Å². The number of Topliss-reactive ketones (excluding diaryl/α,β-unsaturated/α-hetero) is 1. The minimum atomic E-state index is -1.00. The Labute approximate surface area is 126 Å². The lowest BCUT2D eigenvalue weighted by molar-refractivity contribution is -0.197. The number of hydrogen-bond donors (Lipinski definition) is 1. The molecule has 1 N–H and O–H groups in total. The number of hydrogen-bond acceptors (Lipinski definition) is 4. The van der Waals surface area contributed by atoms with Crippen molar-refractivity contribution < 1.29 is 19.4 Å². The van der Waals surface area contributed by atoms with Crippen LogP contribution in [0.4, 0.5) is 0 Å². The van der Waals surface area contributed by atoms with Gasteiger partial charge in [0.05, 0.1) is 5.60 Å². The zero-order valence-electron chi connectivity index (χ0n) is 13.4. The molecule has 0 aromatic rings. The van der Waals surface area contributed by atoms with Gasteiger partial charge in [0.1, 0.15) is 11.9 Å². The van der Waals surface area contributed by atoms with Crippen LogP contribution in [0.5, 0.6) is 0 Å². The molecule has 0 aromatic carbocycles. The van der Waals surface area contributed by atoms with Crippen molar-refractivity contribution in [3.05, 3.63) is 12.2 Å². The molecule has 0 amide bonds. The first-order chi connectivity index (χ1) is 9.59. The molecule has 4 heteroatoms. The molecule has 2 fully saturated rings. The van der Waals surface area contributed by atoms with Gasteiger partial charge < -0.3 is 9.84 Å². The Morgan fingerprint density at radius 2 is 1.95 bits per heavy atom. The number of ketones is 1. The van der Waals surface area contributed by atoms with Crippen molar-refractivity contribution in [2.45, 2.75) is 65.1 Å². The summed E-state index contributed by atoms with van der Waals surface area (Å²) in [6.45, 7) is 11.0. The zero-order valence-corrected chi connectivity index (χ0v) is 13.4. The van der Waals surface area contributed by atoms with Gasteiger partial charge in [-0.05, 0) is 33.1 Å². The number of fused-ring (bicyclic) bond motifs is 1. The Bertz CT molecular complexity index is 479. The summed E-state index contributed by atoms with van der Waals surface area (Å²) in [4.78, 5) is 24.0. The molecule has 2 aliphatic carbocycles. The van der Waals surface area contributed by atoms with Crippen LogP contribution >= 0.6 is 0 Å². The second kappa shape index (κ2) is 5.24. The third-order valence-corrected chi connectivity index (χ3v) is 5.49. The van der Waals surface area contributed by atoms with E-state index in [-0.39, 0.29) is 23.6 Å². The molecule has 0 radical (unpaired) electrons. The summed E-state index contributed by atoms with van der Waals surface area (Å²) in [5.41, 5.74) is -0.679. The van der Waals surface area contributed by atoms with Crippen molar-refractivity contribution in [2.75, 3.05) is 0 Å². The maximum absolute atomic E-state index is 12.5. The minimum absolute atomic E-state index is 0.00403. The van der Waals surface area contributed by atoms with Crippen molar-refractivity contribution in [3.8, 4) is 0 Å². The van der Waals surface area contributed by atoms with Gasteiger partial charge in [-0.15, -0.1) is 0 Å². The summed E-state index contributed by atoms with van der Waals surface area (Å²) >= 11 is 0. The van der Waals surface area contributed by atoms with Gasteiger partial charge in [0.25, 0.3) is 0 Å². The quantitative estimate of drug-likeness (QED) is 0.628. The number of esters is 1. The number of ether oxygens (including phenoxy) is 1. The number of carbonyl (C=O) groups excluding carboxylic acids is 2. The summed E-state index contributed by atoms with van der Waals surface area (Å²) in [5, 5.41) is 10.9. The molecule has 5 atom stereocenters. The monoisotopic (exact) mass is 294 g/mol. The van der Waals surface area contributed by atoms with E-state index in [2.05, 4.69) is 6.58 Å². The molecule has 0 aliphatic heterocycles. The molecule has 118 valence electrons. The zero-order chi connectivity index (χ0) is 16.0. The fourth-order valence-corrected chi connectivity index (χ4v) is 4.40. The number of rotatable bonds is 2. The van der Waals surface area contributed by atoms with Gasteiger partial charge in [-0.3, -0.25) is 9.59 Å². The van der Waals surface area contributed by atoms with Gasteiger partial charge in [0.2, 0.25) is 0 Å². The van der Waals surface area contributed by atoms with Crippen LogP contribution in [0.15, 0.2) is 12.2 Å². The molecule has 0 bridgehead atoms. The Hall–Kier alpha value is -1.16. The van der Waals surface area contributed by atoms with Crippen LogP contribution in [0.25, 0.3) is 0 Å². The number of aliphatic hydroxyl groups is 1. The second-order valence-corrected chi connectivity index (χ2v) is 7.24. The maximum atomic E-state index is 12.5. The fourth-order valence-electron chi connectivity index (χ4n) is 4.40. The Morgan fingerprint density at radius 1 is 1.33 bits per heavy atom. The third-order valence-electron chi connectivity index (χ3n) is 5.49. The average Bonchev–Trinajstić information content (AvgIpc) is 2.33. The lowest BCUT2D eigenvalue weighted by Gasteiger charge is -2.56. The van der Waals surface area contributed by atoms with E-state index in [1.807, 2.05) is 13.8 Å². The largest absolute Gasteiger partial charge is 0.461 e. The van der Waals surface area contributed by atoms with Crippen LogP contribution in [-0.4, -0.2) is 28.6 Å². The molecule has 0 saturated heterocycles. The SMILES string of the molecule is C=C(C)[C@@H]1CC[C@@]2(C)C(=O)CC[C@@](C)(O)C2[C@@H]1OC(C)=O. The van der Waals surface area contributed by atoms with Crippen LogP contribution in [-0.2, 0) is 14.3 Å². The van der Waals surface area contributed by atoms with Crippen molar-refractivity contribution in [2.24, 2.45) is 17.3 Å². The van der Waals surface area contributed by atoms with Gasteiger partial charge >= 0.3 is 5.97 Å².